The molecule has 0 fully saturated rings. The zero-order valence-electron chi connectivity index (χ0n) is 12.0. The molecule has 0 saturated heterocycles. The van der Waals surface area contributed by atoms with E-state index in [1.807, 2.05) is 41.5 Å². The van der Waals surface area contributed by atoms with Crippen LogP contribution in [-0.2, 0) is 4.79 Å². The van der Waals surface area contributed by atoms with Crippen molar-refractivity contribution in [3.05, 3.63) is 22.8 Å². The minimum absolute atomic E-state index is 0.235. The van der Waals surface area contributed by atoms with Crippen molar-refractivity contribution < 1.29 is 14.6 Å². The predicted molar refractivity (Wildman–Crippen MR) is 72.0 cm³/mol. The van der Waals surface area contributed by atoms with Crippen molar-refractivity contribution in [3.8, 4) is 11.5 Å². The Morgan fingerprint density at radius 1 is 1.28 bits per heavy atom. The van der Waals surface area contributed by atoms with Crippen LogP contribution in [0.4, 0.5) is 0 Å². The lowest BCUT2D eigenvalue weighted by Crippen LogP contribution is -2.28. The number of benzene rings is 1. The highest BCUT2D eigenvalue weighted by molar-refractivity contribution is 5.79. The van der Waals surface area contributed by atoms with E-state index in [0.29, 0.717) is 5.75 Å². The molecule has 0 spiro atoms. The van der Waals surface area contributed by atoms with Crippen LogP contribution in [0.2, 0.25) is 0 Å². The van der Waals surface area contributed by atoms with E-state index in [1.165, 1.54) is 0 Å². The van der Waals surface area contributed by atoms with Gasteiger partial charge in [-0.1, -0.05) is 6.92 Å². The third kappa shape index (κ3) is 2.66. The Labute approximate surface area is 109 Å². The molecule has 0 aliphatic carbocycles. The predicted octanol–water partition coefficient (Wildman–Crippen LogP) is 3.66. The van der Waals surface area contributed by atoms with Crippen LogP contribution in [0.5, 0.6) is 11.5 Å². The number of esters is 1. The molecule has 3 nitrogen and oxygen atoms in total. The van der Waals surface area contributed by atoms with E-state index >= 15 is 0 Å². The van der Waals surface area contributed by atoms with Crippen LogP contribution in [0.15, 0.2) is 6.07 Å². The molecule has 0 aromatic heterocycles. The lowest BCUT2D eigenvalue weighted by atomic mass is 9.90. The van der Waals surface area contributed by atoms with E-state index in [1.54, 1.807) is 6.07 Å². The first-order chi connectivity index (χ1) is 8.20. The second-order valence-electron chi connectivity index (χ2n) is 5.42. The summed E-state index contributed by atoms with van der Waals surface area (Å²) in [5.74, 6) is 0.567. The minimum Gasteiger partial charge on any atom is -0.508 e. The van der Waals surface area contributed by atoms with Crippen LogP contribution in [0.3, 0.4) is 0 Å². The second kappa shape index (κ2) is 5.01. The van der Waals surface area contributed by atoms with Crippen molar-refractivity contribution >= 4 is 5.97 Å². The van der Waals surface area contributed by atoms with Crippen LogP contribution in [-0.4, -0.2) is 11.1 Å². The zero-order valence-corrected chi connectivity index (χ0v) is 12.0. The first-order valence-corrected chi connectivity index (χ1v) is 6.22. The number of phenols is 1. The topological polar surface area (TPSA) is 46.5 Å². The molecule has 0 atom stereocenters. The Balaban J connectivity index is 3.14. The number of phenolic OH excluding ortho intramolecular Hbond substituents is 1. The zero-order chi connectivity index (χ0) is 14.1. The van der Waals surface area contributed by atoms with Gasteiger partial charge in [0.1, 0.15) is 11.5 Å². The Morgan fingerprint density at radius 3 is 2.33 bits per heavy atom. The largest absolute Gasteiger partial charge is 0.508 e. The summed E-state index contributed by atoms with van der Waals surface area (Å²) in [6.07, 6.45) is 0.723. The molecule has 18 heavy (non-hydrogen) atoms. The third-order valence-corrected chi connectivity index (χ3v) is 3.63. The summed E-state index contributed by atoms with van der Waals surface area (Å²) >= 11 is 0. The van der Waals surface area contributed by atoms with Crippen LogP contribution in [0, 0.1) is 26.2 Å². The van der Waals surface area contributed by atoms with E-state index < -0.39 is 5.41 Å². The molecule has 0 aliphatic rings. The molecule has 0 radical (unpaired) electrons. The highest BCUT2D eigenvalue weighted by Gasteiger charge is 2.28. The molecule has 1 rings (SSSR count). The van der Waals surface area contributed by atoms with Gasteiger partial charge in [-0.25, -0.2) is 0 Å². The quantitative estimate of drug-likeness (QED) is 0.657. The highest BCUT2D eigenvalue weighted by Crippen LogP contribution is 2.34. The Hall–Kier alpha value is -1.51. The molecule has 0 bridgehead atoms. The summed E-state index contributed by atoms with van der Waals surface area (Å²) in [6.45, 7) is 11.2. The van der Waals surface area contributed by atoms with E-state index in [4.69, 9.17) is 4.74 Å². The van der Waals surface area contributed by atoms with E-state index in [0.717, 1.165) is 23.1 Å². The summed E-state index contributed by atoms with van der Waals surface area (Å²) in [5.41, 5.74) is 1.84. The van der Waals surface area contributed by atoms with Crippen molar-refractivity contribution in [2.24, 2.45) is 5.41 Å². The monoisotopic (exact) mass is 250 g/mol. The number of carbonyl (C=O) groups excluding carboxylic acids is 1. The number of carbonyl (C=O) groups is 1. The summed E-state index contributed by atoms with van der Waals surface area (Å²) in [7, 11) is 0. The van der Waals surface area contributed by atoms with Crippen LogP contribution in [0.25, 0.3) is 0 Å². The summed E-state index contributed by atoms with van der Waals surface area (Å²) in [5, 5.41) is 9.71. The number of hydrogen-bond donors (Lipinski definition) is 1. The molecule has 0 amide bonds. The smallest absolute Gasteiger partial charge is 0.316 e. The van der Waals surface area contributed by atoms with Crippen LogP contribution in [0.1, 0.15) is 43.9 Å². The van der Waals surface area contributed by atoms with Gasteiger partial charge in [0, 0.05) is 0 Å². The van der Waals surface area contributed by atoms with Crippen molar-refractivity contribution in [2.45, 2.75) is 48.0 Å². The average Bonchev–Trinajstić information content (AvgIpc) is 2.31. The Kier molecular flexibility index (Phi) is 4.05. The molecular weight excluding hydrogens is 228 g/mol. The van der Waals surface area contributed by atoms with E-state index in [2.05, 4.69) is 0 Å². The molecule has 1 N–H and O–H groups in total. The minimum atomic E-state index is -0.495. The summed E-state index contributed by atoms with van der Waals surface area (Å²) in [6, 6.07) is 1.63. The second-order valence-corrected chi connectivity index (χ2v) is 5.42. The summed E-state index contributed by atoms with van der Waals surface area (Å²) in [4.78, 5) is 12.1. The van der Waals surface area contributed by atoms with Crippen molar-refractivity contribution in [1.29, 1.82) is 0 Å². The van der Waals surface area contributed by atoms with Gasteiger partial charge < -0.3 is 9.84 Å². The van der Waals surface area contributed by atoms with Gasteiger partial charge in [-0.2, -0.15) is 0 Å². The van der Waals surface area contributed by atoms with Gasteiger partial charge in [0.05, 0.1) is 5.41 Å². The van der Waals surface area contributed by atoms with Gasteiger partial charge in [-0.3, -0.25) is 4.79 Å². The molecule has 100 valence electrons. The first-order valence-electron chi connectivity index (χ1n) is 6.22. The number of ether oxygens (including phenoxy) is 1. The van der Waals surface area contributed by atoms with Gasteiger partial charge >= 0.3 is 5.97 Å². The third-order valence-electron chi connectivity index (χ3n) is 3.63. The first kappa shape index (κ1) is 14.6. The average molecular weight is 250 g/mol. The molecule has 1 aromatic rings. The maximum Gasteiger partial charge on any atom is 0.316 e. The Morgan fingerprint density at radius 2 is 1.83 bits per heavy atom. The van der Waals surface area contributed by atoms with Crippen LogP contribution < -0.4 is 4.74 Å². The maximum atomic E-state index is 12.1. The van der Waals surface area contributed by atoms with Gasteiger partial charge in [-0.05, 0) is 63.8 Å². The van der Waals surface area contributed by atoms with Gasteiger partial charge in [0.25, 0.3) is 0 Å². The van der Waals surface area contributed by atoms with Crippen molar-refractivity contribution in [3.63, 3.8) is 0 Å². The molecular formula is C15H22O3. The SMILES string of the molecule is CCC(C)(C)C(=O)Oc1c(C)cc(O)c(C)c1C. The lowest BCUT2D eigenvalue weighted by molar-refractivity contribution is -0.144. The van der Waals surface area contributed by atoms with Gasteiger partial charge in [0.15, 0.2) is 0 Å². The van der Waals surface area contributed by atoms with Gasteiger partial charge in [-0.15, -0.1) is 0 Å². The number of aryl methyl sites for hydroxylation is 1. The normalized spacial score (nSPS) is 11.4. The standard InChI is InChI=1S/C15H22O3/c1-7-15(5,6)14(17)18-13-9(2)8-12(16)10(3)11(13)4/h8,16H,7H2,1-6H3. The molecule has 0 heterocycles. The molecule has 3 heteroatoms. The fourth-order valence-corrected chi connectivity index (χ4v) is 1.57. The molecule has 0 unspecified atom stereocenters. The molecule has 0 aliphatic heterocycles. The lowest BCUT2D eigenvalue weighted by Gasteiger charge is -2.22. The van der Waals surface area contributed by atoms with Crippen molar-refractivity contribution in [1.82, 2.24) is 0 Å². The number of rotatable bonds is 3. The fraction of sp³-hybridized carbons (Fsp3) is 0.533. The van der Waals surface area contributed by atoms with Crippen molar-refractivity contribution in [2.75, 3.05) is 0 Å². The Bertz CT molecular complexity index is 473. The molecule has 0 saturated carbocycles. The van der Waals surface area contributed by atoms with E-state index in [-0.39, 0.29) is 11.7 Å². The van der Waals surface area contributed by atoms with Crippen LogP contribution >= 0.6 is 0 Å². The summed E-state index contributed by atoms with van der Waals surface area (Å²) < 4.78 is 5.52. The van der Waals surface area contributed by atoms with Gasteiger partial charge in [0.2, 0.25) is 0 Å². The molecule has 1 aromatic carbocycles. The fourth-order valence-electron chi connectivity index (χ4n) is 1.57. The number of hydrogen-bond acceptors (Lipinski definition) is 3. The maximum absolute atomic E-state index is 12.1. The highest BCUT2D eigenvalue weighted by atomic mass is 16.5. The van der Waals surface area contributed by atoms with E-state index in [9.17, 15) is 9.90 Å². The number of aromatic hydroxyl groups is 1.